The smallest absolute Gasteiger partial charge is 0.269 e. The van der Waals surface area contributed by atoms with Crippen molar-refractivity contribution in [3.63, 3.8) is 0 Å². The molecule has 2 amide bonds. The number of rotatable bonds is 6. The molecule has 0 saturated carbocycles. The summed E-state index contributed by atoms with van der Waals surface area (Å²) in [5, 5.41) is 0. The molecule has 0 fully saturated rings. The minimum atomic E-state index is -3.64. The van der Waals surface area contributed by atoms with Gasteiger partial charge in [0.1, 0.15) is 0 Å². The van der Waals surface area contributed by atoms with Crippen molar-refractivity contribution in [1.82, 2.24) is 15.2 Å². The van der Waals surface area contributed by atoms with E-state index >= 15 is 0 Å². The van der Waals surface area contributed by atoms with E-state index in [0.29, 0.717) is 0 Å². The summed E-state index contributed by atoms with van der Waals surface area (Å²) in [7, 11) is -0.822. The normalized spacial score (nSPS) is 11.3. The second-order valence-electron chi connectivity index (χ2n) is 5.92. The zero-order chi connectivity index (χ0) is 20.0. The Kier molecular flexibility index (Phi) is 7.00. The summed E-state index contributed by atoms with van der Waals surface area (Å²) in [6.07, 6.45) is 0. The summed E-state index contributed by atoms with van der Waals surface area (Å²) in [4.78, 5) is 25.0. The van der Waals surface area contributed by atoms with Crippen molar-refractivity contribution < 1.29 is 18.0 Å². The number of hydrazine groups is 1. The first-order valence-electron chi connectivity index (χ1n) is 8.01. The first-order valence-corrected chi connectivity index (χ1v) is 10.4. The number of carbonyl (C=O) groups excluding carboxylic acids is 2. The highest BCUT2D eigenvalue weighted by Gasteiger charge is 2.18. The number of hydrogen-bond acceptors (Lipinski definition) is 5. The first kappa shape index (κ1) is 20.9. The zero-order valence-electron chi connectivity index (χ0n) is 15.2. The molecule has 2 aromatic rings. The lowest BCUT2D eigenvalue weighted by molar-refractivity contribution is -0.119. The first-order chi connectivity index (χ1) is 12.7. The maximum Gasteiger partial charge on any atom is 0.269 e. The number of aryl methyl sites for hydroxylation is 1. The minimum absolute atomic E-state index is 0.00130. The van der Waals surface area contributed by atoms with E-state index in [1.807, 2.05) is 31.2 Å². The maximum atomic E-state index is 12.2. The predicted octanol–water partition coefficient (Wildman–Crippen LogP) is 1.80. The SMILES string of the molecule is Cc1ccc(SCC(=O)NNC(=O)c2cccc(S(=O)(=O)N(C)C)c2)cc1. The molecule has 0 spiro atoms. The Bertz CT molecular complexity index is 926. The van der Waals surface area contributed by atoms with Crippen molar-refractivity contribution >= 4 is 33.6 Å². The maximum absolute atomic E-state index is 12.2. The third-order valence-electron chi connectivity index (χ3n) is 3.58. The fourth-order valence-electron chi connectivity index (χ4n) is 2.03. The molecule has 7 nitrogen and oxygen atoms in total. The van der Waals surface area contributed by atoms with Crippen LogP contribution >= 0.6 is 11.8 Å². The summed E-state index contributed by atoms with van der Waals surface area (Å²) < 4.78 is 25.3. The van der Waals surface area contributed by atoms with Crippen molar-refractivity contribution in [3.05, 3.63) is 59.7 Å². The zero-order valence-corrected chi connectivity index (χ0v) is 16.9. The summed E-state index contributed by atoms with van der Waals surface area (Å²) in [5.74, 6) is -0.830. The lowest BCUT2D eigenvalue weighted by atomic mass is 10.2. The fraction of sp³-hybridized carbons (Fsp3) is 0.222. The van der Waals surface area contributed by atoms with Gasteiger partial charge in [0.25, 0.3) is 5.91 Å². The highest BCUT2D eigenvalue weighted by molar-refractivity contribution is 8.00. The summed E-state index contributed by atoms with van der Waals surface area (Å²) in [6.45, 7) is 1.98. The van der Waals surface area contributed by atoms with Crippen LogP contribution in [0.15, 0.2) is 58.3 Å². The quantitative estimate of drug-likeness (QED) is 0.562. The minimum Gasteiger partial charge on any atom is -0.272 e. The van der Waals surface area contributed by atoms with Crippen LogP contribution in [-0.4, -0.2) is 44.4 Å². The van der Waals surface area contributed by atoms with Gasteiger partial charge in [-0.15, -0.1) is 11.8 Å². The number of carbonyl (C=O) groups is 2. The van der Waals surface area contributed by atoms with E-state index in [1.54, 1.807) is 0 Å². The summed E-state index contributed by atoms with van der Waals surface area (Å²) in [5.41, 5.74) is 5.88. The van der Waals surface area contributed by atoms with Crippen molar-refractivity contribution in [2.45, 2.75) is 16.7 Å². The van der Waals surface area contributed by atoms with Gasteiger partial charge in [-0.3, -0.25) is 20.4 Å². The van der Waals surface area contributed by atoms with Crippen LogP contribution in [0.5, 0.6) is 0 Å². The van der Waals surface area contributed by atoms with E-state index in [1.165, 1.54) is 50.1 Å². The molecule has 0 heterocycles. The number of hydrogen-bond donors (Lipinski definition) is 2. The molecule has 0 aliphatic carbocycles. The van der Waals surface area contributed by atoms with Crippen molar-refractivity contribution in [3.8, 4) is 0 Å². The second kappa shape index (κ2) is 9.03. The van der Waals surface area contributed by atoms with E-state index in [0.717, 1.165) is 14.8 Å². The van der Waals surface area contributed by atoms with Gasteiger partial charge in [-0.25, -0.2) is 12.7 Å². The average Bonchev–Trinajstić information content (AvgIpc) is 2.65. The second-order valence-corrected chi connectivity index (χ2v) is 9.12. The van der Waals surface area contributed by atoms with Crippen LogP contribution in [0.2, 0.25) is 0 Å². The van der Waals surface area contributed by atoms with Crippen LogP contribution in [0.25, 0.3) is 0 Å². The van der Waals surface area contributed by atoms with Gasteiger partial charge in [0.2, 0.25) is 15.9 Å². The largest absolute Gasteiger partial charge is 0.272 e. The molecule has 0 unspecified atom stereocenters. The van der Waals surface area contributed by atoms with Gasteiger partial charge in [-0.2, -0.15) is 0 Å². The van der Waals surface area contributed by atoms with Crippen LogP contribution in [-0.2, 0) is 14.8 Å². The third-order valence-corrected chi connectivity index (χ3v) is 6.40. The molecular weight excluding hydrogens is 386 g/mol. The third kappa shape index (κ3) is 5.81. The highest BCUT2D eigenvalue weighted by atomic mass is 32.2. The van der Waals surface area contributed by atoms with Crippen LogP contribution in [0, 0.1) is 6.92 Å². The molecule has 0 atom stereocenters. The summed E-state index contributed by atoms with van der Waals surface area (Å²) in [6, 6.07) is 13.4. The monoisotopic (exact) mass is 407 g/mol. The van der Waals surface area contributed by atoms with Gasteiger partial charge in [0.05, 0.1) is 10.6 Å². The van der Waals surface area contributed by atoms with Crippen LogP contribution < -0.4 is 10.9 Å². The molecule has 0 aliphatic rings. The number of nitrogens with zero attached hydrogens (tertiary/aromatic N) is 1. The van der Waals surface area contributed by atoms with E-state index in [-0.39, 0.29) is 22.1 Å². The molecule has 2 aromatic carbocycles. The topological polar surface area (TPSA) is 95.6 Å². The van der Waals surface area contributed by atoms with E-state index in [4.69, 9.17) is 0 Å². The number of amides is 2. The Morgan fingerprint density at radius 3 is 2.33 bits per heavy atom. The molecule has 27 heavy (non-hydrogen) atoms. The van der Waals surface area contributed by atoms with Gasteiger partial charge in [0.15, 0.2) is 0 Å². The van der Waals surface area contributed by atoms with Gasteiger partial charge in [-0.1, -0.05) is 23.8 Å². The van der Waals surface area contributed by atoms with Gasteiger partial charge in [0, 0.05) is 24.6 Å². The van der Waals surface area contributed by atoms with Crippen LogP contribution in [0.3, 0.4) is 0 Å². The van der Waals surface area contributed by atoms with E-state index in [2.05, 4.69) is 10.9 Å². The van der Waals surface area contributed by atoms with E-state index < -0.39 is 15.9 Å². The Balaban J connectivity index is 1.91. The molecule has 144 valence electrons. The van der Waals surface area contributed by atoms with Gasteiger partial charge >= 0.3 is 0 Å². The van der Waals surface area contributed by atoms with Crippen LogP contribution in [0.1, 0.15) is 15.9 Å². The molecule has 0 bridgehead atoms. The Morgan fingerprint density at radius 2 is 1.70 bits per heavy atom. The number of nitrogens with one attached hydrogen (secondary N) is 2. The van der Waals surface area contributed by atoms with Gasteiger partial charge in [-0.05, 0) is 37.3 Å². The molecule has 0 aliphatic heterocycles. The number of sulfonamides is 1. The Hall–Kier alpha value is -2.36. The molecule has 9 heteroatoms. The highest BCUT2D eigenvalue weighted by Crippen LogP contribution is 2.18. The molecule has 0 radical (unpaired) electrons. The molecular formula is C18H21N3O4S2. The van der Waals surface area contributed by atoms with Crippen molar-refractivity contribution in [1.29, 1.82) is 0 Å². The van der Waals surface area contributed by atoms with E-state index in [9.17, 15) is 18.0 Å². The molecule has 2 N–H and O–H groups in total. The molecule has 0 aromatic heterocycles. The Labute approximate surface area is 163 Å². The standard InChI is InChI=1S/C18H21N3O4S2/c1-13-7-9-15(10-8-13)26-12-17(22)19-20-18(23)14-5-4-6-16(11-14)27(24,25)21(2)3/h4-11H,12H2,1-3H3,(H,19,22)(H,20,23). The van der Waals surface area contributed by atoms with Gasteiger partial charge < -0.3 is 0 Å². The number of thioether (sulfide) groups is 1. The van der Waals surface area contributed by atoms with Crippen LogP contribution in [0.4, 0.5) is 0 Å². The fourth-order valence-corrected chi connectivity index (χ4v) is 3.67. The average molecular weight is 408 g/mol. The molecule has 2 rings (SSSR count). The predicted molar refractivity (Wildman–Crippen MR) is 105 cm³/mol. The lowest BCUT2D eigenvalue weighted by Crippen LogP contribution is -2.42. The Morgan fingerprint density at radius 1 is 1.04 bits per heavy atom. The summed E-state index contributed by atoms with van der Waals surface area (Å²) >= 11 is 1.35. The van der Waals surface area contributed by atoms with Crippen molar-refractivity contribution in [2.24, 2.45) is 0 Å². The molecule has 0 saturated heterocycles. The lowest BCUT2D eigenvalue weighted by Gasteiger charge is -2.12. The number of benzene rings is 2. The van der Waals surface area contributed by atoms with Crippen molar-refractivity contribution in [2.75, 3.05) is 19.8 Å².